The average molecular weight is 471 g/mol. The lowest BCUT2D eigenvalue weighted by Gasteiger charge is -2.30. The molecule has 34 heavy (non-hydrogen) atoms. The van der Waals surface area contributed by atoms with Crippen molar-refractivity contribution in [2.24, 2.45) is 4.99 Å². The van der Waals surface area contributed by atoms with Crippen LogP contribution in [0.15, 0.2) is 76.6 Å². The van der Waals surface area contributed by atoms with Gasteiger partial charge in [0.1, 0.15) is 5.75 Å². The fourth-order valence-corrected chi connectivity index (χ4v) is 5.79. The third-order valence-electron chi connectivity index (χ3n) is 6.33. The van der Waals surface area contributed by atoms with Gasteiger partial charge in [-0.15, -0.1) is 0 Å². The van der Waals surface area contributed by atoms with E-state index in [2.05, 4.69) is 18.2 Å². The van der Waals surface area contributed by atoms with Crippen molar-refractivity contribution in [3.8, 4) is 5.75 Å². The third kappa shape index (κ3) is 4.76. The molecular formula is C29H30N2O2S. The molecule has 1 aliphatic heterocycles. The summed E-state index contributed by atoms with van der Waals surface area (Å²) in [6.07, 6.45) is 7.67. The van der Waals surface area contributed by atoms with Gasteiger partial charge < -0.3 is 4.74 Å². The molecule has 1 saturated carbocycles. The predicted octanol–water partition coefficient (Wildman–Crippen LogP) is 7.56. The van der Waals surface area contributed by atoms with Crippen LogP contribution in [-0.2, 0) is 4.79 Å². The Morgan fingerprint density at radius 2 is 1.71 bits per heavy atom. The number of nitrogens with zero attached hydrogens (tertiary/aromatic N) is 2. The second-order valence-corrected chi connectivity index (χ2v) is 10.2. The van der Waals surface area contributed by atoms with Gasteiger partial charge in [0, 0.05) is 11.6 Å². The monoisotopic (exact) mass is 470 g/mol. The smallest absolute Gasteiger partial charge is 0.267 e. The number of para-hydroxylation sites is 1. The molecule has 1 saturated heterocycles. The maximum absolute atomic E-state index is 13.8. The van der Waals surface area contributed by atoms with Crippen LogP contribution < -0.4 is 4.74 Å². The van der Waals surface area contributed by atoms with Crippen molar-refractivity contribution in [3.05, 3.63) is 77.2 Å². The van der Waals surface area contributed by atoms with E-state index in [1.54, 1.807) is 0 Å². The van der Waals surface area contributed by atoms with Crippen molar-refractivity contribution in [1.29, 1.82) is 0 Å². The molecule has 1 aliphatic carbocycles. The first-order chi connectivity index (χ1) is 16.6. The molecule has 0 N–H and O–H groups in total. The van der Waals surface area contributed by atoms with Crippen LogP contribution >= 0.6 is 11.8 Å². The van der Waals surface area contributed by atoms with E-state index in [0.29, 0.717) is 4.91 Å². The number of thioether (sulfide) groups is 1. The molecule has 0 spiro atoms. The van der Waals surface area contributed by atoms with E-state index in [9.17, 15) is 4.79 Å². The first-order valence-corrected chi connectivity index (χ1v) is 13.0. The van der Waals surface area contributed by atoms with Crippen molar-refractivity contribution < 1.29 is 9.53 Å². The number of ether oxygens (including phenoxy) is 1. The zero-order chi connectivity index (χ0) is 23.5. The summed E-state index contributed by atoms with van der Waals surface area (Å²) in [5.41, 5.74) is 1.82. The van der Waals surface area contributed by atoms with Gasteiger partial charge in [0.2, 0.25) is 0 Å². The highest BCUT2D eigenvalue weighted by Gasteiger charge is 2.39. The van der Waals surface area contributed by atoms with E-state index in [1.165, 1.54) is 18.2 Å². The van der Waals surface area contributed by atoms with Crippen molar-refractivity contribution in [1.82, 2.24) is 4.90 Å². The quantitative estimate of drug-likeness (QED) is 0.361. The Labute approximate surface area is 205 Å². The number of aliphatic imine (C=N–C) groups is 1. The summed E-state index contributed by atoms with van der Waals surface area (Å²) < 4.78 is 6.16. The topological polar surface area (TPSA) is 41.9 Å². The number of fused-ring (bicyclic) bond motifs is 1. The van der Waals surface area contributed by atoms with Crippen LogP contribution in [0, 0.1) is 0 Å². The molecule has 2 aliphatic rings. The summed E-state index contributed by atoms with van der Waals surface area (Å²) in [4.78, 5) is 21.4. The van der Waals surface area contributed by atoms with E-state index in [-0.39, 0.29) is 18.1 Å². The maximum atomic E-state index is 13.8. The molecule has 0 bridgehead atoms. The summed E-state index contributed by atoms with van der Waals surface area (Å²) in [6, 6.07) is 22.5. The number of hydrogen-bond donors (Lipinski definition) is 0. The minimum Gasteiger partial charge on any atom is -0.490 e. The van der Waals surface area contributed by atoms with Crippen molar-refractivity contribution in [2.45, 2.75) is 58.1 Å². The van der Waals surface area contributed by atoms with E-state index in [1.807, 2.05) is 73.4 Å². The minimum absolute atomic E-state index is 0.0409. The summed E-state index contributed by atoms with van der Waals surface area (Å²) in [6.45, 7) is 4.05. The van der Waals surface area contributed by atoms with E-state index < -0.39 is 0 Å². The van der Waals surface area contributed by atoms with Crippen LogP contribution in [0.5, 0.6) is 5.75 Å². The van der Waals surface area contributed by atoms with Crippen LogP contribution in [0.3, 0.4) is 0 Å². The molecule has 5 heteroatoms. The Morgan fingerprint density at radius 1 is 0.971 bits per heavy atom. The molecule has 1 amide bonds. The highest BCUT2D eigenvalue weighted by Crippen LogP contribution is 2.40. The molecule has 5 rings (SSSR count). The minimum atomic E-state index is 0.0409. The Morgan fingerprint density at radius 3 is 2.47 bits per heavy atom. The number of rotatable bonds is 5. The van der Waals surface area contributed by atoms with Crippen molar-refractivity contribution in [3.63, 3.8) is 0 Å². The van der Waals surface area contributed by atoms with Gasteiger partial charge in [-0.05, 0) is 73.5 Å². The van der Waals surface area contributed by atoms with Gasteiger partial charge in [0.25, 0.3) is 5.91 Å². The lowest BCUT2D eigenvalue weighted by molar-refractivity contribution is -0.124. The SMILES string of the molecule is CC(C)Oc1ccc2ccccc2c1/C=C1\SC(=Nc2ccccc2)N(C2CCCCC2)C1=O. The second kappa shape index (κ2) is 10.1. The molecule has 0 aromatic heterocycles. The molecule has 2 fully saturated rings. The number of carbonyl (C=O) groups excluding carboxylic acids is 1. The molecule has 3 aromatic carbocycles. The molecule has 4 nitrogen and oxygen atoms in total. The Kier molecular flexibility index (Phi) is 6.73. The Bertz CT molecular complexity index is 1240. The normalized spacial score (nSPS) is 19.6. The molecule has 1 heterocycles. The third-order valence-corrected chi connectivity index (χ3v) is 7.31. The van der Waals surface area contributed by atoms with Crippen molar-refractivity contribution >= 4 is 45.4 Å². The fraction of sp³-hybridized carbons (Fsp3) is 0.310. The fourth-order valence-electron chi connectivity index (χ4n) is 4.75. The molecular weight excluding hydrogens is 440 g/mol. The molecule has 3 aromatic rings. The standard InChI is InChI=1S/C29H30N2O2S/c1-20(2)33-26-18-17-21-11-9-10-16-24(21)25(26)19-27-28(32)31(23-14-7-4-8-15-23)29(34-27)30-22-12-5-3-6-13-22/h3,5-6,9-13,16-20,23H,4,7-8,14-15H2,1-2H3/b27-19-,30-29?. The highest BCUT2D eigenvalue weighted by atomic mass is 32.2. The van der Waals surface area contributed by atoms with Crippen LogP contribution in [0.2, 0.25) is 0 Å². The molecule has 174 valence electrons. The van der Waals surface area contributed by atoms with Crippen LogP contribution in [0.25, 0.3) is 16.8 Å². The lowest BCUT2D eigenvalue weighted by atomic mass is 9.94. The molecule has 0 radical (unpaired) electrons. The predicted molar refractivity (Wildman–Crippen MR) is 143 cm³/mol. The van der Waals surface area contributed by atoms with Gasteiger partial charge in [-0.1, -0.05) is 67.8 Å². The zero-order valence-electron chi connectivity index (χ0n) is 19.7. The average Bonchev–Trinajstić information content (AvgIpc) is 3.15. The first-order valence-electron chi connectivity index (χ1n) is 12.2. The lowest BCUT2D eigenvalue weighted by Crippen LogP contribution is -2.40. The number of carbonyl (C=O) groups is 1. The molecule has 0 atom stereocenters. The Hall–Kier alpha value is -3.05. The van der Waals surface area contributed by atoms with Gasteiger partial charge in [0.15, 0.2) is 5.17 Å². The molecule has 0 unspecified atom stereocenters. The second-order valence-electron chi connectivity index (χ2n) is 9.17. The number of hydrogen-bond acceptors (Lipinski definition) is 4. The number of benzene rings is 3. The summed E-state index contributed by atoms with van der Waals surface area (Å²) in [5, 5.41) is 2.99. The van der Waals surface area contributed by atoms with Gasteiger partial charge in [-0.25, -0.2) is 4.99 Å². The summed E-state index contributed by atoms with van der Waals surface area (Å²) in [7, 11) is 0. The van der Waals surface area contributed by atoms with Crippen LogP contribution in [0.4, 0.5) is 5.69 Å². The first kappa shape index (κ1) is 22.7. The van der Waals surface area contributed by atoms with Crippen molar-refractivity contribution in [2.75, 3.05) is 0 Å². The number of amidine groups is 1. The van der Waals surface area contributed by atoms with Gasteiger partial charge >= 0.3 is 0 Å². The largest absolute Gasteiger partial charge is 0.490 e. The van der Waals surface area contributed by atoms with Crippen LogP contribution in [-0.4, -0.2) is 28.1 Å². The Balaban J connectivity index is 1.60. The zero-order valence-corrected chi connectivity index (χ0v) is 20.6. The summed E-state index contributed by atoms with van der Waals surface area (Å²) >= 11 is 1.48. The van der Waals surface area contributed by atoms with E-state index in [4.69, 9.17) is 9.73 Å². The van der Waals surface area contributed by atoms with Gasteiger partial charge in [-0.3, -0.25) is 9.69 Å². The highest BCUT2D eigenvalue weighted by molar-refractivity contribution is 8.18. The van der Waals surface area contributed by atoms with E-state index >= 15 is 0 Å². The summed E-state index contributed by atoms with van der Waals surface area (Å²) in [5.74, 6) is 0.849. The maximum Gasteiger partial charge on any atom is 0.267 e. The van der Waals surface area contributed by atoms with Gasteiger partial charge in [-0.2, -0.15) is 0 Å². The number of amides is 1. The van der Waals surface area contributed by atoms with E-state index in [0.717, 1.165) is 58.6 Å². The van der Waals surface area contributed by atoms with Crippen LogP contribution in [0.1, 0.15) is 51.5 Å². The van der Waals surface area contributed by atoms with Gasteiger partial charge in [0.05, 0.1) is 16.7 Å².